The highest BCUT2D eigenvalue weighted by atomic mass is 32.2. The lowest BCUT2D eigenvalue weighted by atomic mass is 9.73. The molecule has 25 heavy (non-hydrogen) atoms. The summed E-state index contributed by atoms with van der Waals surface area (Å²) in [6.45, 7) is 5.54. The number of benzene rings is 1. The molecule has 3 rings (SSSR count). The van der Waals surface area contributed by atoms with Crippen LogP contribution in [0.3, 0.4) is 0 Å². The van der Waals surface area contributed by atoms with Crippen LogP contribution in [-0.4, -0.2) is 61.9 Å². The Morgan fingerprint density at radius 2 is 2.08 bits per heavy atom. The molecule has 1 spiro atoms. The molecule has 0 N–H and O–H groups in total. The van der Waals surface area contributed by atoms with Crippen LogP contribution in [-0.2, 0) is 16.1 Å². The number of likely N-dealkylation sites (tertiary alicyclic amines) is 2. The van der Waals surface area contributed by atoms with Gasteiger partial charge in [-0.1, -0.05) is 18.2 Å². The SMILES string of the molecule is COCCN1C[C@]2(CCCN(Cc3ccccc3SC)C2)CCC1=O. The molecule has 2 heterocycles. The fraction of sp³-hybridized carbons (Fsp3) is 0.650. The molecule has 1 aromatic rings. The summed E-state index contributed by atoms with van der Waals surface area (Å²) in [6, 6.07) is 8.72. The van der Waals surface area contributed by atoms with Crippen LogP contribution in [0, 0.1) is 5.41 Å². The zero-order valence-corrected chi connectivity index (χ0v) is 16.3. The smallest absolute Gasteiger partial charge is 0.222 e. The molecule has 138 valence electrons. The van der Waals surface area contributed by atoms with E-state index in [1.54, 1.807) is 7.11 Å². The third kappa shape index (κ3) is 4.57. The summed E-state index contributed by atoms with van der Waals surface area (Å²) in [5, 5.41) is 0. The highest BCUT2D eigenvalue weighted by Gasteiger charge is 2.41. The molecule has 4 nitrogen and oxygen atoms in total. The number of hydrogen-bond donors (Lipinski definition) is 0. The van der Waals surface area contributed by atoms with Crippen LogP contribution in [0.2, 0.25) is 0 Å². The molecule has 5 heteroatoms. The van der Waals surface area contributed by atoms with Crippen molar-refractivity contribution in [3.05, 3.63) is 29.8 Å². The third-order valence-electron chi connectivity index (χ3n) is 5.64. The van der Waals surface area contributed by atoms with Gasteiger partial charge in [-0.25, -0.2) is 0 Å². The lowest BCUT2D eigenvalue weighted by Gasteiger charge is -2.48. The molecule has 2 fully saturated rings. The van der Waals surface area contributed by atoms with E-state index in [1.807, 2.05) is 16.7 Å². The van der Waals surface area contributed by atoms with E-state index < -0.39 is 0 Å². The van der Waals surface area contributed by atoms with E-state index in [2.05, 4.69) is 35.4 Å². The molecule has 0 radical (unpaired) electrons. The van der Waals surface area contributed by atoms with Gasteiger partial charge in [-0.2, -0.15) is 0 Å². The van der Waals surface area contributed by atoms with Gasteiger partial charge in [0.25, 0.3) is 0 Å². The average molecular weight is 363 g/mol. The first kappa shape index (κ1) is 18.7. The Labute approximate surface area is 155 Å². The van der Waals surface area contributed by atoms with Gasteiger partial charge in [0.05, 0.1) is 6.61 Å². The molecule has 2 aliphatic heterocycles. The Bertz CT molecular complexity index is 595. The van der Waals surface area contributed by atoms with Crippen LogP contribution in [0.25, 0.3) is 0 Å². The van der Waals surface area contributed by atoms with E-state index in [0.717, 1.165) is 39.1 Å². The predicted molar refractivity (Wildman–Crippen MR) is 103 cm³/mol. The van der Waals surface area contributed by atoms with Crippen LogP contribution < -0.4 is 0 Å². The summed E-state index contributed by atoms with van der Waals surface area (Å²) in [5.41, 5.74) is 1.70. The Morgan fingerprint density at radius 1 is 1.24 bits per heavy atom. The maximum Gasteiger partial charge on any atom is 0.222 e. The standard InChI is InChI=1S/C20H30N2O2S/c1-24-13-12-22-16-20(10-8-19(22)23)9-5-11-21(15-20)14-17-6-3-4-7-18(17)25-2/h3-4,6-7H,5,8-16H2,1-2H3/t20-/m1/s1. The first-order valence-electron chi connectivity index (χ1n) is 9.27. The minimum Gasteiger partial charge on any atom is -0.383 e. The van der Waals surface area contributed by atoms with Crippen molar-refractivity contribution in [1.82, 2.24) is 9.80 Å². The van der Waals surface area contributed by atoms with Crippen LogP contribution in [0.1, 0.15) is 31.2 Å². The normalized spacial score (nSPS) is 24.9. The first-order chi connectivity index (χ1) is 12.2. The summed E-state index contributed by atoms with van der Waals surface area (Å²) in [5.74, 6) is 0.299. The zero-order valence-electron chi connectivity index (χ0n) is 15.5. The highest BCUT2D eigenvalue weighted by Crippen LogP contribution is 2.39. The van der Waals surface area contributed by atoms with E-state index >= 15 is 0 Å². The van der Waals surface area contributed by atoms with E-state index in [9.17, 15) is 4.79 Å². The van der Waals surface area contributed by atoms with Crippen LogP contribution in [0.15, 0.2) is 29.2 Å². The lowest BCUT2D eigenvalue weighted by molar-refractivity contribution is -0.140. The van der Waals surface area contributed by atoms with Crippen molar-refractivity contribution < 1.29 is 9.53 Å². The fourth-order valence-electron chi connectivity index (χ4n) is 4.36. The number of ether oxygens (including phenoxy) is 1. The monoisotopic (exact) mass is 362 g/mol. The quantitative estimate of drug-likeness (QED) is 0.727. The molecule has 0 aliphatic carbocycles. The minimum absolute atomic E-state index is 0.272. The van der Waals surface area contributed by atoms with Crippen LogP contribution >= 0.6 is 11.8 Å². The summed E-state index contributed by atoms with van der Waals surface area (Å²) >= 11 is 1.83. The van der Waals surface area contributed by atoms with E-state index in [0.29, 0.717) is 18.9 Å². The van der Waals surface area contributed by atoms with Crippen molar-refractivity contribution in [1.29, 1.82) is 0 Å². The second kappa shape index (κ2) is 8.56. The molecule has 0 unspecified atom stereocenters. The molecule has 1 aromatic carbocycles. The number of piperidine rings is 2. The molecule has 0 aromatic heterocycles. The van der Waals surface area contributed by atoms with E-state index in [1.165, 1.54) is 23.3 Å². The van der Waals surface area contributed by atoms with Gasteiger partial charge >= 0.3 is 0 Å². The van der Waals surface area contributed by atoms with Gasteiger partial charge in [-0.3, -0.25) is 9.69 Å². The van der Waals surface area contributed by atoms with E-state index in [4.69, 9.17) is 4.74 Å². The van der Waals surface area contributed by atoms with Gasteiger partial charge in [0, 0.05) is 50.0 Å². The van der Waals surface area contributed by atoms with Gasteiger partial charge in [0.1, 0.15) is 0 Å². The van der Waals surface area contributed by atoms with E-state index in [-0.39, 0.29) is 5.41 Å². The summed E-state index contributed by atoms with van der Waals surface area (Å²) in [7, 11) is 1.70. The Balaban J connectivity index is 1.66. The van der Waals surface area contributed by atoms with Crippen molar-refractivity contribution in [3.8, 4) is 0 Å². The summed E-state index contributed by atoms with van der Waals surface area (Å²) in [6.07, 6.45) is 6.35. The number of carbonyl (C=O) groups is 1. The number of amides is 1. The Kier molecular flexibility index (Phi) is 6.42. The third-order valence-corrected chi connectivity index (χ3v) is 6.48. The van der Waals surface area contributed by atoms with Gasteiger partial charge in [-0.05, 0) is 43.7 Å². The lowest BCUT2D eigenvalue weighted by Crippen LogP contribution is -2.54. The summed E-state index contributed by atoms with van der Waals surface area (Å²) in [4.78, 5) is 18.2. The minimum atomic E-state index is 0.272. The van der Waals surface area contributed by atoms with Gasteiger partial charge in [0.15, 0.2) is 0 Å². The van der Waals surface area contributed by atoms with Crippen molar-refractivity contribution in [2.24, 2.45) is 5.41 Å². The van der Waals surface area contributed by atoms with Crippen molar-refractivity contribution in [2.75, 3.05) is 46.2 Å². The van der Waals surface area contributed by atoms with Crippen LogP contribution in [0.4, 0.5) is 0 Å². The predicted octanol–water partition coefficient (Wildman–Crippen LogP) is 3.26. The molecular formula is C20H30N2O2S. The molecule has 1 amide bonds. The van der Waals surface area contributed by atoms with Crippen molar-refractivity contribution in [2.45, 2.75) is 37.1 Å². The van der Waals surface area contributed by atoms with Crippen molar-refractivity contribution in [3.63, 3.8) is 0 Å². The largest absolute Gasteiger partial charge is 0.383 e. The topological polar surface area (TPSA) is 32.8 Å². The molecule has 1 atom stereocenters. The number of hydrogen-bond acceptors (Lipinski definition) is 4. The van der Waals surface area contributed by atoms with Gasteiger partial charge in [0.2, 0.25) is 5.91 Å². The number of thioether (sulfide) groups is 1. The van der Waals surface area contributed by atoms with Crippen LogP contribution in [0.5, 0.6) is 0 Å². The fourth-order valence-corrected chi connectivity index (χ4v) is 4.97. The van der Waals surface area contributed by atoms with Crippen molar-refractivity contribution >= 4 is 17.7 Å². The Hall–Kier alpha value is -1.04. The molecule has 0 bridgehead atoms. The molecular weight excluding hydrogens is 332 g/mol. The summed E-state index contributed by atoms with van der Waals surface area (Å²) < 4.78 is 5.19. The number of carbonyl (C=O) groups excluding carboxylic acids is 1. The highest BCUT2D eigenvalue weighted by molar-refractivity contribution is 7.98. The average Bonchev–Trinajstić information content (AvgIpc) is 2.63. The van der Waals surface area contributed by atoms with Gasteiger partial charge in [-0.15, -0.1) is 11.8 Å². The number of nitrogens with zero attached hydrogens (tertiary/aromatic N) is 2. The molecule has 2 aliphatic rings. The first-order valence-corrected chi connectivity index (χ1v) is 10.5. The number of rotatable bonds is 6. The molecule has 2 saturated heterocycles. The number of methoxy groups -OCH3 is 1. The molecule has 0 saturated carbocycles. The van der Waals surface area contributed by atoms with Gasteiger partial charge < -0.3 is 9.64 Å². The second-order valence-electron chi connectivity index (χ2n) is 7.43. The Morgan fingerprint density at radius 3 is 2.88 bits per heavy atom. The maximum atomic E-state index is 12.2. The zero-order chi connectivity index (χ0) is 17.7. The second-order valence-corrected chi connectivity index (χ2v) is 8.28. The maximum absolute atomic E-state index is 12.2.